The van der Waals surface area contributed by atoms with E-state index in [0.717, 1.165) is 12.1 Å². The number of fused-ring (bicyclic) bond motifs is 2. The summed E-state index contributed by atoms with van der Waals surface area (Å²) in [6.45, 7) is 9.58. The number of hydrogen-bond acceptors (Lipinski definition) is 2. The Morgan fingerprint density at radius 3 is 2.69 bits per heavy atom. The van der Waals surface area contributed by atoms with E-state index in [1.54, 1.807) is 0 Å². The van der Waals surface area contributed by atoms with Crippen molar-refractivity contribution in [3.05, 3.63) is 0 Å². The van der Waals surface area contributed by atoms with Crippen LogP contribution in [0.3, 0.4) is 0 Å². The molecule has 2 aliphatic heterocycles. The van der Waals surface area contributed by atoms with Crippen LogP contribution in [0.25, 0.3) is 0 Å². The van der Waals surface area contributed by atoms with Crippen LogP contribution < -0.4 is 5.32 Å². The normalized spacial score (nSPS) is 34.4. The van der Waals surface area contributed by atoms with E-state index < -0.39 is 0 Å². The average molecular weight is 182 g/mol. The number of nitrogens with zero attached hydrogens (tertiary/aromatic N) is 1. The van der Waals surface area contributed by atoms with Gasteiger partial charge in [-0.05, 0) is 26.7 Å². The van der Waals surface area contributed by atoms with Gasteiger partial charge in [-0.15, -0.1) is 0 Å². The van der Waals surface area contributed by atoms with Crippen LogP contribution in [0.5, 0.6) is 0 Å². The third-order valence-electron chi connectivity index (χ3n) is 3.70. The molecular formula is C11H22N2. The summed E-state index contributed by atoms with van der Waals surface area (Å²) < 4.78 is 0. The van der Waals surface area contributed by atoms with Gasteiger partial charge in [0.15, 0.2) is 0 Å². The largest absolute Gasteiger partial charge is 0.311 e. The van der Waals surface area contributed by atoms with Crippen LogP contribution >= 0.6 is 0 Å². The summed E-state index contributed by atoms with van der Waals surface area (Å²) in [6, 6.07) is 1.62. The second-order valence-electron chi connectivity index (χ2n) is 5.21. The number of piperazine rings is 1. The predicted octanol–water partition coefficient (Wildman–Crippen LogP) is 1.61. The van der Waals surface area contributed by atoms with Gasteiger partial charge in [0.1, 0.15) is 0 Å². The molecule has 2 atom stereocenters. The summed E-state index contributed by atoms with van der Waals surface area (Å²) in [7, 11) is 0. The number of rotatable bonds is 3. The molecule has 0 spiro atoms. The van der Waals surface area contributed by atoms with Crippen molar-refractivity contribution in [2.75, 3.05) is 13.1 Å². The third kappa shape index (κ3) is 1.62. The molecule has 2 saturated heterocycles. The second-order valence-corrected chi connectivity index (χ2v) is 5.21. The first-order chi connectivity index (χ1) is 6.13. The molecule has 2 rings (SSSR count). The Morgan fingerprint density at radius 1 is 1.46 bits per heavy atom. The Hall–Kier alpha value is -0.0800. The summed E-state index contributed by atoms with van der Waals surface area (Å²) in [5, 5.41) is 3.56. The summed E-state index contributed by atoms with van der Waals surface area (Å²) in [5.74, 6) is 0. The van der Waals surface area contributed by atoms with Crippen molar-refractivity contribution in [3.8, 4) is 0 Å². The molecule has 2 aliphatic rings. The molecule has 76 valence electrons. The predicted molar refractivity (Wildman–Crippen MR) is 55.9 cm³/mol. The molecular weight excluding hydrogens is 160 g/mol. The topological polar surface area (TPSA) is 15.3 Å². The van der Waals surface area contributed by atoms with Crippen LogP contribution in [0, 0.1) is 0 Å². The highest BCUT2D eigenvalue weighted by Crippen LogP contribution is 2.32. The lowest BCUT2D eigenvalue weighted by Crippen LogP contribution is -2.53. The van der Waals surface area contributed by atoms with E-state index in [0.29, 0.717) is 5.54 Å². The molecule has 1 N–H and O–H groups in total. The van der Waals surface area contributed by atoms with E-state index >= 15 is 0 Å². The van der Waals surface area contributed by atoms with Crippen LogP contribution in [0.4, 0.5) is 0 Å². The second kappa shape index (κ2) is 3.25. The van der Waals surface area contributed by atoms with Crippen LogP contribution in [0.1, 0.15) is 40.0 Å². The van der Waals surface area contributed by atoms with Gasteiger partial charge in [0.05, 0.1) is 0 Å². The summed E-state index contributed by atoms with van der Waals surface area (Å²) >= 11 is 0. The lowest BCUT2D eigenvalue weighted by Gasteiger charge is -2.41. The number of nitrogens with one attached hydrogen (secondary N) is 1. The van der Waals surface area contributed by atoms with Crippen molar-refractivity contribution in [1.29, 1.82) is 0 Å². The minimum atomic E-state index is 0.427. The lowest BCUT2D eigenvalue weighted by atomic mass is 9.95. The first kappa shape index (κ1) is 9.47. The zero-order chi connectivity index (χ0) is 9.47. The van der Waals surface area contributed by atoms with Gasteiger partial charge in [0.25, 0.3) is 0 Å². The van der Waals surface area contributed by atoms with Crippen molar-refractivity contribution in [2.24, 2.45) is 0 Å². The van der Waals surface area contributed by atoms with E-state index in [4.69, 9.17) is 0 Å². The smallest absolute Gasteiger partial charge is 0.0241 e. The maximum absolute atomic E-state index is 3.56. The Labute approximate surface area is 81.7 Å². The molecule has 2 bridgehead atoms. The maximum atomic E-state index is 3.56. The zero-order valence-electron chi connectivity index (χ0n) is 9.14. The summed E-state index contributed by atoms with van der Waals surface area (Å²) in [4.78, 5) is 2.72. The molecule has 2 heterocycles. The molecule has 0 radical (unpaired) electrons. The highest BCUT2D eigenvalue weighted by atomic mass is 15.3. The zero-order valence-corrected chi connectivity index (χ0v) is 9.14. The number of hydrogen-bond donors (Lipinski definition) is 1. The monoisotopic (exact) mass is 182 g/mol. The third-order valence-corrected chi connectivity index (χ3v) is 3.70. The van der Waals surface area contributed by atoms with Gasteiger partial charge in [0, 0.05) is 30.7 Å². The van der Waals surface area contributed by atoms with Gasteiger partial charge in [-0.2, -0.15) is 0 Å². The summed E-state index contributed by atoms with van der Waals surface area (Å²) in [5.41, 5.74) is 0.427. The van der Waals surface area contributed by atoms with Crippen molar-refractivity contribution in [1.82, 2.24) is 10.2 Å². The van der Waals surface area contributed by atoms with Crippen molar-refractivity contribution in [2.45, 2.75) is 57.7 Å². The first-order valence-electron chi connectivity index (χ1n) is 5.63. The van der Waals surface area contributed by atoms with Crippen LogP contribution in [0.15, 0.2) is 0 Å². The fourth-order valence-corrected chi connectivity index (χ4v) is 3.06. The van der Waals surface area contributed by atoms with E-state index in [2.05, 4.69) is 31.0 Å². The Kier molecular flexibility index (Phi) is 2.37. The molecule has 2 unspecified atom stereocenters. The molecule has 2 fully saturated rings. The van der Waals surface area contributed by atoms with E-state index in [1.165, 1.54) is 32.4 Å². The highest BCUT2D eigenvalue weighted by Gasteiger charge is 2.43. The van der Waals surface area contributed by atoms with Gasteiger partial charge < -0.3 is 5.32 Å². The van der Waals surface area contributed by atoms with Crippen LogP contribution in [-0.2, 0) is 0 Å². The number of likely N-dealkylation sites (tertiary alicyclic amines) is 1. The standard InChI is InChI=1S/C11H22N2/c1-4-5-11(2,3)13-8-9-6-10(13)7-12-9/h9-10,12H,4-8H2,1-3H3. The van der Waals surface area contributed by atoms with Gasteiger partial charge in [0.2, 0.25) is 0 Å². The summed E-state index contributed by atoms with van der Waals surface area (Å²) in [6.07, 6.45) is 4.01. The lowest BCUT2D eigenvalue weighted by molar-refractivity contribution is 0.0824. The Bertz CT molecular complexity index is 189. The maximum Gasteiger partial charge on any atom is 0.0241 e. The van der Waals surface area contributed by atoms with E-state index in [1.807, 2.05) is 0 Å². The molecule has 0 aromatic heterocycles. The van der Waals surface area contributed by atoms with Gasteiger partial charge in [-0.3, -0.25) is 4.90 Å². The Morgan fingerprint density at radius 2 is 2.23 bits per heavy atom. The molecule has 2 heteroatoms. The average Bonchev–Trinajstić information content (AvgIpc) is 2.63. The quantitative estimate of drug-likeness (QED) is 0.713. The van der Waals surface area contributed by atoms with E-state index in [-0.39, 0.29) is 0 Å². The molecule has 0 saturated carbocycles. The molecule has 0 amide bonds. The van der Waals surface area contributed by atoms with Gasteiger partial charge in [-0.25, -0.2) is 0 Å². The minimum Gasteiger partial charge on any atom is -0.311 e. The minimum absolute atomic E-state index is 0.427. The molecule has 0 aromatic carbocycles. The van der Waals surface area contributed by atoms with Crippen molar-refractivity contribution >= 4 is 0 Å². The fraction of sp³-hybridized carbons (Fsp3) is 1.00. The fourth-order valence-electron chi connectivity index (χ4n) is 3.06. The molecule has 0 aromatic rings. The molecule has 13 heavy (non-hydrogen) atoms. The molecule has 2 nitrogen and oxygen atoms in total. The van der Waals surface area contributed by atoms with Gasteiger partial charge in [-0.1, -0.05) is 13.3 Å². The van der Waals surface area contributed by atoms with Crippen LogP contribution in [0.2, 0.25) is 0 Å². The SMILES string of the molecule is CCCC(C)(C)N1CC2CC1CN2. The first-order valence-corrected chi connectivity index (χ1v) is 5.63. The van der Waals surface area contributed by atoms with E-state index in [9.17, 15) is 0 Å². The molecule has 0 aliphatic carbocycles. The van der Waals surface area contributed by atoms with Crippen molar-refractivity contribution in [3.63, 3.8) is 0 Å². The highest BCUT2D eigenvalue weighted by molar-refractivity contribution is 5.02. The van der Waals surface area contributed by atoms with Crippen molar-refractivity contribution < 1.29 is 0 Å². The van der Waals surface area contributed by atoms with Crippen LogP contribution in [-0.4, -0.2) is 35.6 Å². The van der Waals surface area contributed by atoms with Gasteiger partial charge >= 0.3 is 0 Å². The Balaban J connectivity index is 2.01.